The second-order valence-electron chi connectivity index (χ2n) is 6.08. The number of alkyl halides is 3. The summed E-state index contributed by atoms with van der Waals surface area (Å²) in [7, 11) is 0. The van der Waals surface area contributed by atoms with E-state index in [0.29, 0.717) is 23.6 Å². The Morgan fingerprint density at radius 3 is 2.28 bits per heavy atom. The Morgan fingerprint density at radius 2 is 1.68 bits per heavy atom. The number of para-hydroxylation sites is 1. The molecule has 0 fully saturated rings. The summed E-state index contributed by atoms with van der Waals surface area (Å²) in [5.74, 6) is 0.311. The molecule has 1 atom stereocenters. The lowest BCUT2D eigenvalue weighted by atomic mass is 9.97. The number of anilines is 2. The van der Waals surface area contributed by atoms with Crippen LogP contribution in [-0.4, -0.2) is 5.11 Å². The van der Waals surface area contributed by atoms with Gasteiger partial charge in [-0.05, 0) is 60.5 Å². The SMILES string of the molecule is CCC(C)Cc1cc(NC(=S)Nc2ccccc2)cc(C(F)(F)F)c1. The standard InChI is InChI=1S/C19H21F3N2S/c1-3-13(2)9-14-10-15(19(20,21)22)12-17(11-14)24-18(25)23-16-7-5-4-6-8-16/h4-8,10-13H,3,9H2,1-2H3,(H2,23,24,25). The second-order valence-corrected chi connectivity index (χ2v) is 6.49. The molecule has 0 aliphatic rings. The Hall–Kier alpha value is -2.08. The summed E-state index contributed by atoms with van der Waals surface area (Å²) in [6, 6.07) is 13.2. The molecule has 6 heteroatoms. The zero-order valence-electron chi connectivity index (χ0n) is 14.2. The Morgan fingerprint density at radius 1 is 1.04 bits per heavy atom. The Labute approximate surface area is 151 Å². The summed E-state index contributed by atoms with van der Waals surface area (Å²) >= 11 is 5.21. The van der Waals surface area contributed by atoms with Crippen molar-refractivity contribution in [2.45, 2.75) is 32.9 Å². The van der Waals surface area contributed by atoms with Crippen LogP contribution in [0, 0.1) is 5.92 Å². The molecule has 2 aromatic carbocycles. The fourth-order valence-electron chi connectivity index (χ4n) is 2.41. The predicted molar refractivity (Wildman–Crippen MR) is 101 cm³/mol. The van der Waals surface area contributed by atoms with Gasteiger partial charge in [-0.2, -0.15) is 13.2 Å². The Balaban J connectivity index is 2.20. The van der Waals surface area contributed by atoms with Gasteiger partial charge in [0, 0.05) is 11.4 Å². The molecular formula is C19H21F3N2S. The maximum Gasteiger partial charge on any atom is 0.416 e. The molecule has 25 heavy (non-hydrogen) atoms. The van der Waals surface area contributed by atoms with Gasteiger partial charge in [0.2, 0.25) is 0 Å². The molecule has 0 bridgehead atoms. The molecule has 0 spiro atoms. The van der Waals surface area contributed by atoms with Crippen molar-refractivity contribution in [3.63, 3.8) is 0 Å². The van der Waals surface area contributed by atoms with Gasteiger partial charge in [0.1, 0.15) is 0 Å². The second kappa shape index (κ2) is 8.34. The van der Waals surface area contributed by atoms with Gasteiger partial charge in [0.05, 0.1) is 5.56 Å². The van der Waals surface area contributed by atoms with Crippen molar-refractivity contribution in [1.29, 1.82) is 0 Å². The predicted octanol–water partition coefficient (Wildman–Crippen LogP) is 6.10. The third-order valence-corrected chi connectivity index (χ3v) is 4.09. The molecule has 0 amide bonds. The molecule has 0 heterocycles. The van der Waals surface area contributed by atoms with Crippen molar-refractivity contribution in [2.75, 3.05) is 10.6 Å². The normalized spacial score (nSPS) is 12.5. The van der Waals surface area contributed by atoms with Gasteiger partial charge < -0.3 is 10.6 Å². The topological polar surface area (TPSA) is 24.1 Å². The number of hydrogen-bond donors (Lipinski definition) is 2. The van der Waals surface area contributed by atoms with E-state index in [0.717, 1.165) is 18.2 Å². The van der Waals surface area contributed by atoms with E-state index < -0.39 is 11.7 Å². The zero-order chi connectivity index (χ0) is 18.4. The maximum absolute atomic E-state index is 13.2. The minimum Gasteiger partial charge on any atom is -0.332 e. The van der Waals surface area contributed by atoms with E-state index in [2.05, 4.69) is 10.6 Å². The first-order chi connectivity index (χ1) is 11.8. The van der Waals surface area contributed by atoms with Gasteiger partial charge in [-0.1, -0.05) is 38.5 Å². The van der Waals surface area contributed by atoms with E-state index in [4.69, 9.17) is 12.2 Å². The molecular weight excluding hydrogens is 345 g/mol. The fraction of sp³-hybridized carbons (Fsp3) is 0.316. The van der Waals surface area contributed by atoms with Crippen molar-refractivity contribution in [1.82, 2.24) is 0 Å². The van der Waals surface area contributed by atoms with Crippen molar-refractivity contribution in [3.05, 3.63) is 59.7 Å². The van der Waals surface area contributed by atoms with Crippen LogP contribution < -0.4 is 10.6 Å². The molecule has 0 aliphatic heterocycles. The summed E-state index contributed by atoms with van der Waals surface area (Å²) in [6.07, 6.45) is -2.89. The minimum absolute atomic E-state index is 0.250. The van der Waals surface area contributed by atoms with E-state index >= 15 is 0 Å². The minimum atomic E-state index is -4.39. The lowest BCUT2D eigenvalue weighted by Gasteiger charge is -2.16. The molecule has 2 N–H and O–H groups in total. The first kappa shape index (κ1) is 19.2. The lowest BCUT2D eigenvalue weighted by molar-refractivity contribution is -0.137. The van der Waals surface area contributed by atoms with E-state index in [-0.39, 0.29) is 5.11 Å². The number of benzene rings is 2. The van der Waals surface area contributed by atoms with Crippen LogP contribution in [-0.2, 0) is 12.6 Å². The van der Waals surface area contributed by atoms with Gasteiger partial charge in [0.25, 0.3) is 0 Å². The van der Waals surface area contributed by atoms with Crippen LogP contribution in [0.15, 0.2) is 48.5 Å². The Kier molecular flexibility index (Phi) is 6.42. The van der Waals surface area contributed by atoms with Crippen LogP contribution in [0.3, 0.4) is 0 Å². The number of thiocarbonyl (C=S) groups is 1. The van der Waals surface area contributed by atoms with Crippen molar-refractivity contribution in [3.8, 4) is 0 Å². The van der Waals surface area contributed by atoms with Crippen LogP contribution in [0.25, 0.3) is 0 Å². The van der Waals surface area contributed by atoms with Gasteiger partial charge in [-0.15, -0.1) is 0 Å². The van der Waals surface area contributed by atoms with E-state index in [1.165, 1.54) is 6.07 Å². The number of halogens is 3. The molecule has 2 rings (SSSR count). The highest BCUT2D eigenvalue weighted by atomic mass is 32.1. The lowest BCUT2D eigenvalue weighted by Crippen LogP contribution is -2.19. The summed E-state index contributed by atoms with van der Waals surface area (Å²) in [5.41, 5.74) is 1.08. The first-order valence-corrected chi connectivity index (χ1v) is 8.53. The quantitative estimate of drug-likeness (QED) is 0.625. The van der Waals surface area contributed by atoms with E-state index in [9.17, 15) is 13.2 Å². The fourth-order valence-corrected chi connectivity index (χ4v) is 2.64. The molecule has 2 nitrogen and oxygen atoms in total. The molecule has 134 valence electrons. The number of nitrogens with one attached hydrogen (secondary N) is 2. The van der Waals surface area contributed by atoms with Crippen LogP contribution in [0.4, 0.5) is 24.5 Å². The highest BCUT2D eigenvalue weighted by molar-refractivity contribution is 7.80. The summed E-state index contributed by atoms with van der Waals surface area (Å²) in [5, 5.41) is 6.06. The number of rotatable bonds is 5. The molecule has 2 aromatic rings. The third kappa shape index (κ3) is 6.05. The van der Waals surface area contributed by atoms with Gasteiger partial charge in [-0.25, -0.2) is 0 Å². The smallest absolute Gasteiger partial charge is 0.332 e. The summed E-state index contributed by atoms with van der Waals surface area (Å²) in [4.78, 5) is 0. The van der Waals surface area contributed by atoms with E-state index in [1.807, 2.05) is 44.2 Å². The van der Waals surface area contributed by atoms with E-state index in [1.54, 1.807) is 6.07 Å². The van der Waals surface area contributed by atoms with Gasteiger partial charge in [0.15, 0.2) is 5.11 Å². The highest BCUT2D eigenvalue weighted by Gasteiger charge is 2.31. The van der Waals surface area contributed by atoms with Crippen molar-refractivity contribution in [2.24, 2.45) is 5.92 Å². The molecule has 0 saturated carbocycles. The van der Waals surface area contributed by atoms with Gasteiger partial charge >= 0.3 is 6.18 Å². The van der Waals surface area contributed by atoms with Crippen LogP contribution >= 0.6 is 12.2 Å². The highest BCUT2D eigenvalue weighted by Crippen LogP contribution is 2.32. The maximum atomic E-state index is 13.2. The van der Waals surface area contributed by atoms with Crippen LogP contribution in [0.1, 0.15) is 31.4 Å². The third-order valence-electron chi connectivity index (χ3n) is 3.89. The molecule has 0 radical (unpaired) electrons. The average Bonchev–Trinajstić information content (AvgIpc) is 2.54. The van der Waals surface area contributed by atoms with Crippen molar-refractivity contribution >= 4 is 28.7 Å². The molecule has 0 aliphatic carbocycles. The number of hydrogen-bond acceptors (Lipinski definition) is 1. The van der Waals surface area contributed by atoms with Crippen LogP contribution in [0.2, 0.25) is 0 Å². The largest absolute Gasteiger partial charge is 0.416 e. The first-order valence-electron chi connectivity index (χ1n) is 8.12. The monoisotopic (exact) mass is 366 g/mol. The molecule has 0 aromatic heterocycles. The van der Waals surface area contributed by atoms with Gasteiger partial charge in [-0.3, -0.25) is 0 Å². The van der Waals surface area contributed by atoms with Crippen LogP contribution in [0.5, 0.6) is 0 Å². The van der Waals surface area contributed by atoms with Crippen molar-refractivity contribution < 1.29 is 13.2 Å². The Bertz CT molecular complexity index is 714. The summed E-state index contributed by atoms with van der Waals surface area (Å²) in [6.45, 7) is 4.05. The average molecular weight is 366 g/mol. The molecule has 1 unspecified atom stereocenters. The molecule has 0 saturated heterocycles. The summed E-state index contributed by atoms with van der Waals surface area (Å²) < 4.78 is 39.5. The zero-order valence-corrected chi connectivity index (χ0v) is 15.0.